The Morgan fingerprint density at radius 1 is 1.24 bits per heavy atom. The summed E-state index contributed by atoms with van der Waals surface area (Å²) in [6, 6.07) is 7.61. The highest BCUT2D eigenvalue weighted by Crippen LogP contribution is 2.33. The van der Waals surface area contributed by atoms with E-state index in [9.17, 15) is 9.90 Å². The number of likely N-dealkylation sites (tertiary alicyclic amines) is 1. The molecule has 10 heteroatoms. The van der Waals surface area contributed by atoms with Crippen molar-refractivity contribution in [3.8, 4) is 28.4 Å². The summed E-state index contributed by atoms with van der Waals surface area (Å²) in [4.78, 5) is 23.7. The van der Waals surface area contributed by atoms with Crippen LogP contribution in [0, 0.1) is 26.7 Å². The summed E-state index contributed by atoms with van der Waals surface area (Å²) >= 11 is 0. The molecule has 10 nitrogen and oxygen atoms in total. The lowest BCUT2D eigenvalue weighted by Gasteiger charge is -2.31. The van der Waals surface area contributed by atoms with Gasteiger partial charge in [-0.2, -0.15) is 0 Å². The van der Waals surface area contributed by atoms with Crippen molar-refractivity contribution in [2.75, 3.05) is 40.4 Å². The first-order chi connectivity index (χ1) is 18.3. The number of piperidine rings is 1. The molecular formula is C28H37N5O5. The lowest BCUT2D eigenvalue weighted by Crippen LogP contribution is -2.38. The van der Waals surface area contributed by atoms with E-state index in [1.807, 2.05) is 45.0 Å². The molecule has 1 atom stereocenters. The highest BCUT2D eigenvalue weighted by atomic mass is 16.5. The van der Waals surface area contributed by atoms with Crippen LogP contribution in [-0.2, 0) is 11.2 Å². The number of hydrogen-bond acceptors (Lipinski definition) is 9. The van der Waals surface area contributed by atoms with Gasteiger partial charge in [-0.3, -0.25) is 0 Å². The number of aryl methyl sites for hydroxylation is 2. The first-order valence-electron chi connectivity index (χ1n) is 13.0. The molecular weight excluding hydrogens is 486 g/mol. The minimum absolute atomic E-state index is 0.179. The molecule has 0 spiro atoms. The average Bonchev–Trinajstić information content (AvgIpc) is 3.26. The second kappa shape index (κ2) is 12.4. The topological polar surface area (TPSA) is 123 Å². The van der Waals surface area contributed by atoms with Crippen molar-refractivity contribution >= 4 is 6.09 Å². The fourth-order valence-corrected chi connectivity index (χ4v) is 4.89. The van der Waals surface area contributed by atoms with Gasteiger partial charge >= 0.3 is 6.09 Å². The molecule has 1 fully saturated rings. The van der Waals surface area contributed by atoms with E-state index in [1.54, 1.807) is 11.9 Å². The van der Waals surface area contributed by atoms with Gasteiger partial charge in [-0.05, 0) is 70.7 Å². The smallest absolute Gasteiger partial charge is 0.409 e. The van der Waals surface area contributed by atoms with E-state index >= 15 is 0 Å². The Bertz CT molecular complexity index is 1230. The van der Waals surface area contributed by atoms with Crippen molar-refractivity contribution in [3.05, 3.63) is 47.0 Å². The first-order valence-corrected chi connectivity index (χ1v) is 13.0. The quantitative estimate of drug-likeness (QED) is 0.432. The fourth-order valence-electron chi connectivity index (χ4n) is 4.89. The molecule has 3 heterocycles. The minimum Gasteiger partial charge on any atom is -0.491 e. The van der Waals surface area contributed by atoms with E-state index in [0.29, 0.717) is 42.9 Å². The van der Waals surface area contributed by atoms with Crippen molar-refractivity contribution in [2.24, 2.45) is 5.92 Å². The Balaban J connectivity index is 1.66. The summed E-state index contributed by atoms with van der Waals surface area (Å²) in [5, 5.41) is 17.1. The summed E-state index contributed by atoms with van der Waals surface area (Å²) in [5.74, 6) is 2.33. The van der Waals surface area contributed by atoms with Gasteiger partial charge in [0.1, 0.15) is 24.2 Å². The molecule has 1 saturated heterocycles. The molecule has 4 rings (SSSR count). The van der Waals surface area contributed by atoms with Crippen LogP contribution in [0.3, 0.4) is 0 Å². The van der Waals surface area contributed by atoms with E-state index in [0.717, 1.165) is 53.0 Å². The highest BCUT2D eigenvalue weighted by Gasteiger charge is 2.26. The third kappa shape index (κ3) is 6.31. The Morgan fingerprint density at radius 2 is 2.00 bits per heavy atom. The van der Waals surface area contributed by atoms with Gasteiger partial charge < -0.3 is 29.3 Å². The van der Waals surface area contributed by atoms with E-state index < -0.39 is 6.10 Å². The molecule has 1 aliphatic rings. The van der Waals surface area contributed by atoms with Gasteiger partial charge in [0, 0.05) is 30.9 Å². The maximum absolute atomic E-state index is 11.9. The van der Waals surface area contributed by atoms with Crippen LogP contribution >= 0.6 is 0 Å². The maximum Gasteiger partial charge on any atom is 0.409 e. The second-order valence-corrected chi connectivity index (χ2v) is 9.82. The molecule has 0 unspecified atom stereocenters. The zero-order valence-corrected chi connectivity index (χ0v) is 22.8. The number of likely N-dealkylation sites (N-methyl/N-ethyl adjacent to an activating group) is 1. The Morgan fingerprint density at radius 3 is 2.66 bits per heavy atom. The molecule has 2 N–H and O–H groups in total. The van der Waals surface area contributed by atoms with Gasteiger partial charge in [0.25, 0.3) is 0 Å². The molecule has 1 amide bonds. The van der Waals surface area contributed by atoms with E-state index in [2.05, 4.69) is 10.5 Å². The van der Waals surface area contributed by atoms with Gasteiger partial charge in [-0.25, -0.2) is 14.8 Å². The summed E-state index contributed by atoms with van der Waals surface area (Å²) in [6.07, 6.45) is 1.66. The lowest BCUT2D eigenvalue weighted by molar-refractivity contribution is 0.106. The fraction of sp³-hybridized carbons (Fsp3) is 0.500. The standard InChI is InChI=1S/C28H37N5O5/c1-17-24(13-20-9-11-33(12-10-20)28(35)36-5)30-27(31-26(17)25-18(2)32-38-19(25)3)21-7-6-8-23(14-21)37-16-22(34)15-29-4/h6-8,14,20,22,29,34H,9-13,15-16H2,1-5H3/t22-/m1/s1. The van der Waals surface area contributed by atoms with Crippen molar-refractivity contribution in [1.82, 2.24) is 25.3 Å². The third-order valence-corrected chi connectivity index (χ3v) is 7.02. The first kappa shape index (κ1) is 27.5. The average molecular weight is 524 g/mol. The van der Waals surface area contributed by atoms with Gasteiger partial charge in [0.2, 0.25) is 0 Å². The molecule has 204 valence electrons. The summed E-state index contributed by atoms with van der Waals surface area (Å²) in [6.45, 7) is 7.83. The monoisotopic (exact) mass is 523 g/mol. The van der Waals surface area contributed by atoms with Gasteiger partial charge in [-0.15, -0.1) is 0 Å². The number of nitrogens with one attached hydrogen (secondary N) is 1. The predicted octanol–water partition coefficient (Wildman–Crippen LogP) is 3.70. The number of carbonyl (C=O) groups excluding carboxylic acids is 1. The SMILES string of the molecule is CNC[C@@H](O)COc1cccc(-c2nc(CC3CCN(C(=O)OC)CC3)c(C)c(-c3c(C)noc3C)n2)c1. The normalized spacial score (nSPS) is 14.9. The van der Waals surface area contributed by atoms with E-state index in [4.69, 9.17) is 24.0 Å². The van der Waals surface area contributed by atoms with Crippen LogP contribution in [0.5, 0.6) is 5.75 Å². The van der Waals surface area contributed by atoms with Crippen LogP contribution < -0.4 is 10.1 Å². The highest BCUT2D eigenvalue weighted by molar-refractivity contribution is 5.71. The number of benzene rings is 1. The van der Waals surface area contributed by atoms with Crippen molar-refractivity contribution in [1.29, 1.82) is 0 Å². The third-order valence-electron chi connectivity index (χ3n) is 7.02. The number of ether oxygens (including phenoxy) is 2. The van der Waals surface area contributed by atoms with E-state index in [-0.39, 0.29) is 12.7 Å². The number of amides is 1. The number of rotatable bonds is 9. The zero-order valence-electron chi connectivity index (χ0n) is 22.8. The number of aromatic nitrogens is 3. The number of nitrogens with zero attached hydrogens (tertiary/aromatic N) is 4. The number of methoxy groups -OCH3 is 1. The molecule has 2 aromatic heterocycles. The molecule has 3 aromatic rings. The number of aliphatic hydroxyl groups excluding tert-OH is 1. The second-order valence-electron chi connectivity index (χ2n) is 9.82. The largest absolute Gasteiger partial charge is 0.491 e. The molecule has 1 aliphatic heterocycles. The van der Waals surface area contributed by atoms with Crippen molar-refractivity contribution in [2.45, 2.75) is 46.1 Å². The Kier molecular flexibility index (Phi) is 8.96. The van der Waals surface area contributed by atoms with Crippen LogP contribution in [0.25, 0.3) is 22.6 Å². The maximum atomic E-state index is 11.9. The van der Waals surface area contributed by atoms with Gasteiger partial charge in [0.05, 0.1) is 24.1 Å². The lowest BCUT2D eigenvalue weighted by atomic mass is 9.90. The van der Waals surface area contributed by atoms with Crippen LogP contribution in [-0.4, -0.2) is 77.7 Å². The molecule has 0 saturated carbocycles. The minimum atomic E-state index is -0.609. The Labute approximate surface area is 223 Å². The summed E-state index contributed by atoms with van der Waals surface area (Å²) in [7, 11) is 3.20. The van der Waals surface area contributed by atoms with Crippen molar-refractivity contribution < 1.29 is 23.9 Å². The van der Waals surface area contributed by atoms with Gasteiger partial charge in [0.15, 0.2) is 5.82 Å². The number of aliphatic hydroxyl groups is 1. The van der Waals surface area contributed by atoms with Crippen LogP contribution in [0.1, 0.15) is 35.6 Å². The predicted molar refractivity (Wildman–Crippen MR) is 143 cm³/mol. The van der Waals surface area contributed by atoms with E-state index in [1.165, 1.54) is 7.11 Å². The molecule has 0 radical (unpaired) electrons. The molecule has 1 aromatic carbocycles. The van der Waals surface area contributed by atoms with Crippen molar-refractivity contribution in [3.63, 3.8) is 0 Å². The van der Waals surface area contributed by atoms with Crippen LogP contribution in [0.4, 0.5) is 4.79 Å². The summed E-state index contributed by atoms with van der Waals surface area (Å²) < 4.78 is 16.2. The number of hydrogen-bond donors (Lipinski definition) is 2. The number of carbonyl (C=O) groups is 1. The molecule has 0 bridgehead atoms. The summed E-state index contributed by atoms with van der Waals surface area (Å²) in [5.41, 5.74) is 5.27. The zero-order chi connectivity index (χ0) is 27.2. The van der Waals surface area contributed by atoms with Gasteiger partial charge in [-0.1, -0.05) is 17.3 Å². The van der Waals surface area contributed by atoms with Crippen LogP contribution in [0.15, 0.2) is 28.8 Å². The molecule has 38 heavy (non-hydrogen) atoms. The van der Waals surface area contributed by atoms with Crippen LogP contribution in [0.2, 0.25) is 0 Å². The Hall–Kier alpha value is -3.50. The molecule has 0 aliphatic carbocycles.